The van der Waals surface area contributed by atoms with Crippen molar-refractivity contribution < 1.29 is 9.00 Å². The number of carbonyl (C=O) groups is 1. The average molecular weight is 286 g/mol. The smallest absolute Gasteiger partial charge is 0.175 e. The predicted molar refractivity (Wildman–Crippen MR) is 82.7 cm³/mol. The first-order valence-corrected chi connectivity index (χ1v) is 7.85. The third-order valence-corrected chi connectivity index (χ3v) is 4.55. The van der Waals surface area contributed by atoms with Gasteiger partial charge < -0.3 is 0 Å². The molecule has 0 bridgehead atoms. The highest BCUT2D eigenvalue weighted by molar-refractivity contribution is 7.85. The van der Waals surface area contributed by atoms with Crippen LogP contribution in [-0.4, -0.2) is 15.7 Å². The van der Waals surface area contributed by atoms with Gasteiger partial charge in [0.25, 0.3) is 0 Å². The van der Waals surface area contributed by atoms with E-state index in [-0.39, 0.29) is 11.5 Å². The fourth-order valence-electron chi connectivity index (χ4n) is 2.10. The Morgan fingerprint density at radius 3 is 2.15 bits per heavy atom. The molecule has 3 heteroatoms. The first kappa shape index (κ1) is 14.7. The maximum absolute atomic E-state index is 12.2. The Morgan fingerprint density at radius 2 is 1.55 bits per heavy atom. The largest absolute Gasteiger partial charge is 0.293 e. The molecule has 1 atom stereocenters. The van der Waals surface area contributed by atoms with Crippen LogP contribution in [0.15, 0.2) is 47.4 Å². The molecule has 2 nitrogen and oxygen atoms in total. The summed E-state index contributed by atoms with van der Waals surface area (Å²) in [5.41, 5.74) is 3.84. The summed E-state index contributed by atoms with van der Waals surface area (Å²) >= 11 is 0. The van der Waals surface area contributed by atoms with Crippen molar-refractivity contribution in [3.05, 3.63) is 64.7 Å². The SMILES string of the molecule is Cc1ccc(S(=O)CC(=O)c2ccc(C)cc2C)cc1. The molecule has 0 N–H and O–H groups in total. The highest BCUT2D eigenvalue weighted by Gasteiger charge is 2.14. The number of benzene rings is 2. The van der Waals surface area contributed by atoms with Crippen LogP contribution < -0.4 is 0 Å². The average Bonchev–Trinajstić information content (AvgIpc) is 2.39. The van der Waals surface area contributed by atoms with Gasteiger partial charge in [0, 0.05) is 10.5 Å². The second kappa shape index (κ2) is 6.14. The van der Waals surface area contributed by atoms with Crippen molar-refractivity contribution in [3.63, 3.8) is 0 Å². The van der Waals surface area contributed by atoms with Gasteiger partial charge in [0.1, 0.15) is 0 Å². The zero-order valence-corrected chi connectivity index (χ0v) is 12.8. The first-order valence-electron chi connectivity index (χ1n) is 6.53. The highest BCUT2D eigenvalue weighted by atomic mass is 32.2. The standard InChI is InChI=1S/C17H18O2S/c1-12-4-7-15(8-5-12)20(19)11-17(18)16-9-6-13(2)10-14(16)3/h4-10H,11H2,1-3H3. The molecule has 0 aliphatic carbocycles. The predicted octanol–water partition coefficient (Wildman–Crippen LogP) is 3.60. The normalized spacial score (nSPS) is 12.2. The molecule has 1 unspecified atom stereocenters. The number of carbonyl (C=O) groups excluding carboxylic acids is 1. The summed E-state index contributed by atoms with van der Waals surface area (Å²) in [4.78, 5) is 12.9. The Hall–Kier alpha value is -1.74. The van der Waals surface area contributed by atoms with E-state index in [2.05, 4.69) is 0 Å². The van der Waals surface area contributed by atoms with Gasteiger partial charge in [0.2, 0.25) is 0 Å². The van der Waals surface area contributed by atoms with Crippen LogP contribution in [0.2, 0.25) is 0 Å². The van der Waals surface area contributed by atoms with E-state index < -0.39 is 10.8 Å². The van der Waals surface area contributed by atoms with Crippen LogP contribution in [0, 0.1) is 20.8 Å². The fraction of sp³-hybridized carbons (Fsp3) is 0.235. The topological polar surface area (TPSA) is 34.1 Å². The minimum Gasteiger partial charge on any atom is -0.293 e. The minimum absolute atomic E-state index is 0.0347. The van der Waals surface area contributed by atoms with Gasteiger partial charge in [-0.1, -0.05) is 41.5 Å². The van der Waals surface area contributed by atoms with Crippen molar-refractivity contribution in [1.82, 2.24) is 0 Å². The maximum atomic E-state index is 12.2. The number of hydrogen-bond donors (Lipinski definition) is 0. The molecule has 0 fully saturated rings. The second-order valence-corrected chi connectivity index (χ2v) is 6.50. The van der Waals surface area contributed by atoms with Crippen LogP contribution in [0.1, 0.15) is 27.0 Å². The Morgan fingerprint density at radius 1 is 0.950 bits per heavy atom. The molecule has 0 aromatic heterocycles. The second-order valence-electron chi connectivity index (χ2n) is 5.04. The summed E-state index contributed by atoms with van der Waals surface area (Å²) in [7, 11) is -1.29. The van der Waals surface area contributed by atoms with E-state index in [0.717, 1.165) is 16.7 Å². The molecule has 0 amide bonds. The Balaban J connectivity index is 2.15. The maximum Gasteiger partial charge on any atom is 0.175 e. The van der Waals surface area contributed by atoms with Gasteiger partial charge in [0.15, 0.2) is 5.78 Å². The van der Waals surface area contributed by atoms with Crippen LogP contribution in [0.5, 0.6) is 0 Å². The third kappa shape index (κ3) is 3.42. The summed E-state index contributed by atoms with van der Waals surface area (Å²) in [6.07, 6.45) is 0. The summed E-state index contributed by atoms with van der Waals surface area (Å²) in [6.45, 7) is 5.88. The van der Waals surface area contributed by atoms with Crippen LogP contribution >= 0.6 is 0 Å². The van der Waals surface area contributed by atoms with Crippen LogP contribution in [0.3, 0.4) is 0 Å². The molecule has 2 aromatic carbocycles. The van der Waals surface area contributed by atoms with Crippen LogP contribution in [0.4, 0.5) is 0 Å². The van der Waals surface area contributed by atoms with Crippen molar-refractivity contribution in [2.75, 3.05) is 5.75 Å². The molecule has 20 heavy (non-hydrogen) atoms. The minimum atomic E-state index is -1.29. The number of hydrogen-bond acceptors (Lipinski definition) is 2. The molecule has 104 valence electrons. The van der Waals surface area contributed by atoms with Gasteiger partial charge in [0.05, 0.1) is 16.6 Å². The Kier molecular flexibility index (Phi) is 4.50. The summed E-state index contributed by atoms with van der Waals surface area (Å²) in [6, 6.07) is 13.2. The van der Waals surface area contributed by atoms with E-state index in [0.29, 0.717) is 10.5 Å². The lowest BCUT2D eigenvalue weighted by Crippen LogP contribution is -2.12. The quantitative estimate of drug-likeness (QED) is 0.805. The van der Waals surface area contributed by atoms with Gasteiger partial charge in [-0.05, 0) is 38.5 Å². The van der Waals surface area contributed by atoms with Gasteiger partial charge in [-0.25, -0.2) is 0 Å². The lowest BCUT2D eigenvalue weighted by atomic mass is 10.0. The monoisotopic (exact) mass is 286 g/mol. The number of aryl methyl sites for hydroxylation is 3. The van der Waals surface area contributed by atoms with Crippen molar-refractivity contribution in [2.45, 2.75) is 25.7 Å². The van der Waals surface area contributed by atoms with Gasteiger partial charge in [-0.2, -0.15) is 0 Å². The van der Waals surface area contributed by atoms with Gasteiger partial charge >= 0.3 is 0 Å². The molecule has 0 heterocycles. The fourth-order valence-corrected chi connectivity index (χ4v) is 3.10. The van der Waals surface area contributed by atoms with Crippen LogP contribution in [-0.2, 0) is 10.8 Å². The summed E-state index contributed by atoms with van der Waals surface area (Å²) in [5.74, 6) is -0.0335. The van der Waals surface area contributed by atoms with Gasteiger partial charge in [-0.3, -0.25) is 9.00 Å². The van der Waals surface area contributed by atoms with E-state index in [1.165, 1.54) is 0 Å². The van der Waals surface area contributed by atoms with E-state index in [1.807, 2.05) is 63.2 Å². The number of Topliss-reactive ketones (excluding diaryl/α,β-unsaturated/α-hetero) is 1. The van der Waals surface area contributed by atoms with E-state index in [4.69, 9.17) is 0 Å². The summed E-state index contributed by atoms with van der Waals surface area (Å²) in [5, 5.41) is 0. The molecule has 2 aromatic rings. The van der Waals surface area contributed by atoms with Crippen LogP contribution in [0.25, 0.3) is 0 Å². The molecule has 0 saturated carbocycles. The summed E-state index contributed by atoms with van der Waals surface area (Å²) < 4.78 is 12.2. The van der Waals surface area contributed by atoms with Crippen molar-refractivity contribution >= 4 is 16.6 Å². The van der Waals surface area contributed by atoms with Crippen molar-refractivity contribution in [1.29, 1.82) is 0 Å². The molecule has 2 rings (SSSR count). The van der Waals surface area contributed by atoms with Crippen molar-refractivity contribution in [2.24, 2.45) is 0 Å². The Bertz CT molecular complexity index is 657. The molecule has 0 aliphatic heterocycles. The zero-order valence-electron chi connectivity index (χ0n) is 12.0. The van der Waals surface area contributed by atoms with Gasteiger partial charge in [-0.15, -0.1) is 0 Å². The lowest BCUT2D eigenvalue weighted by Gasteiger charge is -2.06. The number of ketones is 1. The van der Waals surface area contributed by atoms with E-state index in [9.17, 15) is 9.00 Å². The molecule has 0 saturated heterocycles. The third-order valence-electron chi connectivity index (χ3n) is 3.23. The Labute approximate surface area is 122 Å². The van der Waals surface area contributed by atoms with Crippen molar-refractivity contribution in [3.8, 4) is 0 Å². The molecular weight excluding hydrogens is 268 g/mol. The van der Waals surface area contributed by atoms with E-state index in [1.54, 1.807) is 0 Å². The molecule has 0 spiro atoms. The highest BCUT2D eigenvalue weighted by Crippen LogP contribution is 2.14. The molecular formula is C17H18O2S. The number of rotatable bonds is 4. The molecule has 0 aliphatic rings. The zero-order chi connectivity index (χ0) is 14.7. The first-order chi connectivity index (χ1) is 9.47. The molecule has 0 radical (unpaired) electrons. The van der Waals surface area contributed by atoms with E-state index >= 15 is 0 Å². The lowest BCUT2D eigenvalue weighted by molar-refractivity contribution is 0.102.